The van der Waals surface area contributed by atoms with Crippen molar-refractivity contribution in [2.45, 2.75) is 39.0 Å². The van der Waals surface area contributed by atoms with Crippen molar-refractivity contribution in [3.63, 3.8) is 0 Å². The molecule has 206 valence electrons. The van der Waals surface area contributed by atoms with E-state index in [1.807, 2.05) is 12.1 Å². The van der Waals surface area contributed by atoms with Crippen LogP contribution in [-0.4, -0.2) is 30.6 Å². The molecule has 1 atom stereocenters. The molecule has 4 aromatic rings. The van der Waals surface area contributed by atoms with Crippen molar-refractivity contribution in [1.29, 1.82) is 0 Å². The second-order valence-electron chi connectivity index (χ2n) is 9.82. The van der Waals surface area contributed by atoms with Gasteiger partial charge in [-0.05, 0) is 108 Å². The van der Waals surface area contributed by atoms with Gasteiger partial charge < -0.3 is 19.2 Å². The maximum Gasteiger partial charge on any atom is 0.162 e. The Morgan fingerprint density at radius 2 is 1.90 bits per heavy atom. The normalized spacial score (nSPS) is 14.8. The zero-order valence-electron chi connectivity index (χ0n) is 23.4. The largest absolute Gasteiger partial charge is 0.497 e. The molecule has 0 saturated heterocycles. The minimum atomic E-state index is -0.262. The Bertz CT molecular complexity index is 1740. The van der Waals surface area contributed by atoms with Gasteiger partial charge in [-0.25, -0.2) is 4.39 Å². The summed E-state index contributed by atoms with van der Waals surface area (Å²) >= 11 is 0. The molecule has 1 aromatic heterocycles. The lowest BCUT2D eigenvalue weighted by Gasteiger charge is -2.40. The van der Waals surface area contributed by atoms with Crippen LogP contribution in [0.3, 0.4) is 0 Å². The molecule has 0 fully saturated rings. The van der Waals surface area contributed by atoms with Crippen LogP contribution in [0.2, 0.25) is 0 Å². The zero-order valence-corrected chi connectivity index (χ0v) is 23.4. The van der Waals surface area contributed by atoms with Gasteiger partial charge in [0.05, 0.1) is 14.2 Å². The number of hydrogen-bond acceptors (Lipinski definition) is 4. The molecule has 0 aliphatic carbocycles. The van der Waals surface area contributed by atoms with E-state index >= 15 is 0 Å². The first-order valence-corrected chi connectivity index (χ1v) is 13.4. The third-order valence-corrected chi connectivity index (χ3v) is 7.46. The van der Waals surface area contributed by atoms with Crippen molar-refractivity contribution in [2.24, 2.45) is 0 Å². The van der Waals surface area contributed by atoms with Gasteiger partial charge in [0.25, 0.3) is 0 Å². The average molecular weight is 547 g/mol. The van der Waals surface area contributed by atoms with Gasteiger partial charge in [-0.1, -0.05) is 18.1 Å². The van der Waals surface area contributed by atoms with E-state index in [1.54, 1.807) is 27.2 Å². The number of aromatic amines is 1. The fraction of sp³-hybridized carbons (Fsp3) is 0.257. The maximum atomic E-state index is 13.6. The van der Waals surface area contributed by atoms with Crippen LogP contribution >= 0.6 is 0 Å². The number of ether oxygens (including phenoxy) is 3. The zero-order chi connectivity index (χ0) is 28.8. The number of methoxy groups -OCH3 is 2. The van der Waals surface area contributed by atoms with Crippen LogP contribution in [0.1, 0.15) is 40.9 Å². The molecule has 2 aliphatic heterocycles. The number of hydrogen-bond donors (Lipinski definition) is 1. The Morgan fingerprint density at radius 1 is 1.02 bits per heavy atom. The van der Waals surface area contributed by atoms with E-state index < -0.39 is 0 Å². The number of nitrogens with zero attached hydrogens (tertiary/aromatic N) is 1. The maximum absolute atomic E-state index is 13.6. The summed E-state index contributed by atoms with van der Waals surface area (Å²) in [6.07, 6.45) is 6.67. The summed E-state index contributed by atoms with van der Waals surface area (Å²) in [5.41, 5.74) is 7.18. The molecule has 1 unspecified atom stereocenters. The predicted octanol–water partition coefficient (Wildman–Crippen LogP) is 6.21. The van der Waals surface area contributed by atoms with Crippen LogP contribution in [-0.2, 0) is 26.0 Å². The van der Waals surface area contributed by atoms with Crippen molar-refractivity contribution in [3.8, 4) is 53.3 Å². The first kappa shape index (κ1) is 27.7. The molecular weight excluding hydrogens is 515 g/mol. The van der Waals surface area contributed by atoms with Gasteiger partial charge in [0.1, 0.15) is 18.2 Å². The molecule has 0 spiro atoms. The monoisotopic (exact) mass is 546 g/mol. The molecule has 5 nitrogen and oxygen atoms in total. The number of H-pyrrole nitrogens is 1. The molecule has 0 radical (unpaired) electrons. The minimum Gasteiger partial charge on any atom is -0.497 e. The number of fused-ring (bicyclic) bond motifs is 6. The van der Waals surface area contributed by atoms with Gasteiger partial charge in [-0.3, -0.25) is 4.90 Å². The van der Waals surface area contributed by atoms with Crippen LogP contribution in [0.15, 0.2) is 54.6 Å². The lowest BCUT2D eigenvalue weighted by atomic mass is 9.85. The molecule has 6 rings (SSSR count). The van der Waals surface area contributed by atoms with Gasteiger partial charge in [0, 0.05) is 35.7 Å². The van der Waals surface area contributed by atoms with Crippen molar-refractivity contribution in [2.75, 3.05) is 20.8 Å². The van der Waals surface area contributed by atoms with Gasteiger partial charge in [-0.15, -0.1) is 6.42 Å². The minimum absolute atomic E-state index is 0.262. The Balaban J connectivity index is 0.000000431. The summed E-state index contributed by atoms with van der Waals surface area (Å²) in [4.78, 5) is 6.17. The second-order valence-corrected chi connectivity index (χ2v) is 9.82. The van der Waals surface area contributed by atoms with E-state index in [4.69, 9.17) is 20.6 Å². The van der Waals surface area contributed by atoms with Crippen molar-refractivity contribution < 1.29 is 18.6 Å². The van der Waals surface area contributed by atoms with Gasteiger partial charge in [-0.2, -0.15) is 0 Å². The number of nitrogens with one attached hydrogen (secondary N) is 1. The Hall–Kier alpha value is -4.83. The van der Waals surface area contributed by atoms with Gasteiger partial charge in [0.15, 0.2) is 11.5 Å². The summed E-state index contributed by atoms with van der Waals surface area (Å²) in [7, 11) is 3.37. The van der Waals surface area contributed by atoms with Crippen LogP contribution in [0.4, 0.5) is 4.39 Å². The number of terminal acetylenes is 1. The van der Waals surface area contributed by atoms with E-state index in [9.17, 15) is 4.39 Å². The lowest BCUT2D eigenvalue weighted by Crippen LogP contribution is -2.39. The summed E-state index contributed by atoms with van der Waals surface area (Å²) in [5, 5.41) is 1.23. The highest BCUT2D eigenvalue weighted by Crippen LogP contribution is 2.44. The standard InChI is InChI=1S/C28H27FN2O3.C7H4/c1-32-20-6-7-24-22(12-20)23-13-26-21-14-28(34-16-17-4-3-5-19(29)10-17)27(33-2)11-18(21)8-9-31(26)15-25(23)30-24;1-3-5-7-6-4-2/h3-7,10-12,14,26,30H,8-9,13,15-16H2,1-2H3;1H,2H3. The lowest BCUT2D eigenvalue weighted by molar-refractivity contribution is 0.158. The van der Waals surface area contributed by atoms with Gasteiger partial charge in [0.2, 0.25) is 0 Å². The average Bonchev–Trinajstić information content (AvgIpc) is 3.35. The van der Waals surface area contributed by atoms with E-state index in [0.717, 1.165) is 48.5 Å². The van der Waals surface area contributed by atoms with Crippen LogP contribution in [0.5, 0.6) is 17.2 Å². The van der Waals surface area contributed by atoms with E-state index in [-0.39, 0.29) is 18.5 Å². The SMILES string of the molecule is C#CC#CC#CC.COc1ccc2[nH]c3c(c2c1)CC1c2cc(OCc4cccc(F)c4)c(OC)cc2CCN1C3. The summed E-state index contributed by atoms with van der Waals surface area (Å²) in [6.45, 7) is 3.89. The molecule has 3 aromatic carbocycles. The fourth-order valence-electron chi connectivity index (χ4n) is 5.55. The summed E-state index contributed by atoms with van der Waals surface area (Å²) in [6, 6.07) is 17.2. The van der Waals surface area contributed by atoms with E-state index in [2.05, 4.69) is 63.8 Å². The number of aromatic nitrogens is 1. The summed E-state index contributed by atoms with van der Waals surface area (Å²) in [5.74, 6) is 14.0. The number of rotatable bonds is 5. The summed E-state index contributed by atoms with van der Waals surface area (Å²) < 4.78 is 30.9. The Labute approximate surface area is 240 Å². The first-order chi connectivity index (χ1) is 20.0. The molecular formula is C35H31FN2O3. The van der Waals surface area contributed by atoms with E-state index in [1.165, 1.54) is 39.9 Å². The van der Waals surface area contributed by atoms with Crippen molar-refractivity contribution in [3.05, 3.63) is 88.4 Å². The Morgan fingerprint density at radius 3 is 2.66 bits per heavy atom. The molecule has 41 heavy (non-hydrogen) atoms. The molecule has 3 heterocycles. The van der Waals surface area contributed by atoms with Crippen LogP contribution in [0.25, 0.3) is 10.9 Å². The first-order valence-electron chi connectivity index (χ1n) is 13.4. The molecule has 1 N–H and O–H groups in total. The van der Waals surface area contributed by atoms with Crippen molar-refractivity contribution >= 4 is 10.9 Å². The Kier molecular flexibility index (Phi) is 8.50. The van der Waals surface area contributed by atoms with Gasteiger partial charge >= 0.3 is 0 Å². The number of halogens is 1. The molecule has 6 heteroatoms. The fourth-order valence-corrected chi connectivity index (χ4v) is 5.55. The molecule has 0 saturated carbocycles. The quantitative estimate of drug-likeness (QED) is 0.303. The predicted molar refractivity (Wildman–Crippen MR) is 159 cm³/mol. The number of benzene rings is 3. The smallest absolute Gasteiger partial charge is 0.162 e. The third kappa shape index (κ3) is 6.02. The second kappa shape index (κ2) is 12.6. The molecule has 2 aliphatic rings. The topological polar surface area (TPSA) is 46.7 Å². The van der Waals surface area contributed by atoms with Crippen LogP contribution < -0.4 is 14.2 Å². The third-order valence-electron chi connectivity index (χ3n) is 7.46. The van der Waals surface area contributed by atoms with Crippen LogP contribution in [0, 0.1) is 41.8 Å². The highest BCUT2D eigenvalue weighted by Gasteiger charge is 2.34. The molecule has 0 amide bonds. The highest BCUT2D eigenvalue weighted by atomic mass is 19.1. The molecule has 0 bridgehead atoms. The highest BCUT2D eigenvalue weighted by molar-refractivity contribution is 5.86. The van der Waals surface area contributed by atoms with Crippen molar-refractivity contribution in [1.82, 2.24) is 9.88 Å². The van der Waals surface area contributed by atoms with E-state index in [0.29, 0.717) is 5.75 Å².